The van der Waals surface area contributed by atoms with Crippen molar-refractivity contribution in [1.82, 2.24) is 4.72 Å². The molecular weight excluding hydrogens is 433 g/mol. The lowest BCUT2D eigenvalue weighted by molar-refractivity contribution is -0.137. The zero-order valence-electron chi connectivity index (χ0n) is 15.6. The van der Waals surface area contributed by atoms with Gasteiger partial charge < -0.3 is 10.1 Å². The summed E-state index contributed by atoms with van der Waals surface area (Å²) in [6.07, 6.45) is -4.75. The van der Waals surface area contributed by atoms with Gasteiger partial charge in [-0.2, -0.15) is 17.9 Å². The van der Waals surface area contributed by atoms with Gasteiger partial charge >= 0.3 is 6.18 Å². The number of rotatable bonds is 6. The Morgan fingerprint density at radius 1 is 1.17 bits per heavy atom. The molecule has 0 aliphatic rings. The Morgan fingerprint density at radius 2 is 1.83 bits per heavy atom. The van der Waals surface area contributed by atoms with Crippen molar-refractivity contribution in [2.75, 3.05) is 12.4 Å². The van der Waals surface area contributed by atoms with Crippen LogP contribution < -0.4 is 14.8 Å². The molecule has 0 unspecified atom stereocenters. The van der Waals surface area contributed by atoms with Gasteiger partial charge in [-0.25, -0.2) is 8.42 Å². The quantitative estimate of drug-likeness (QED) is 0.697. The van der Waals surface area contributed by atoms with Crippen molar-refractivity contribution in [3.8, 4) is 5.75 Å². The molecule has 0 spiro atoms. The zero-order chi connectivity index (χ0) is 22.0. The topological polar surface area (TPSA) is 84.5 Å². The lowest BCUT2D eigenvalue weighted by Crippen LogP contribution is -2.41. The number of halogens is 4. The van der Waals surface area contributed by atoms with E-state index >= 15 is 0 Å². The summed E-state index contributed by atoms with van der Waals surface area (Å²) in [5, 5.41) is 1.93. The van der Waals surface area contributed by atoms with Crippen LogP contribution in [-0.2, 0) is 21.0 Å². The summed E-state index contributed by atoms with van der Waals surface area (Å²) in [6, 6.07) is 5.61. The molecule has 1 amide bonds. The number of hydrogen-bond donors (Lipinski definition) is 2. The summed E-state index contributed by atoms with van der Waals surface area (Å²) in [7, 11) is -2.66. The van der Waals surface area contributed by atoms with Crippen molar-refractivity contribution in [3.63, 3.8) is 0 Å². The summed E-state index contributed by atoms with van der Waals surface area (Å²) < 4.78 is 71.6. The van der Waals surface area contributed by atoms with E-state index < -0.39 is 39.4 Å². The Hall–Kier alpha value is -2.30. The highest BCUT2D eigenvalue weighted by atomic mass is 35.5. The molecule has 0 heterocycles. The number of nitrogens with one attached hydrogen (secondary N) is 2. The lowest BCUT2D eigenvalue weighted by Gasteiger charge is -2.18. The minimum absolute atomic E-state index is 0.113. The molecule has 11 heteroatoms. The average Bonchev–Trinajstić information content (AvgIpc) is 2.61. The van der Waals surface area contributed by atoms with Crippen molar-refractivity contribution in [2.24, 2.45) is 0 Å². The standard InChI is InChI=1S/C18H18ClF3N2O4S/c1-10-8-13(5-7-16(10)28-3)29(26,27)24-11(2)17(25)23-15-6-4-12(19)9-14(15)18(20,21)22/h4-9,11,24H,1-3H3,(H,23,25)/t11-/m1/s1. The number of alkyl halides is 3. The third-order valence-corrected chi connectivity index (χ3v) is 5.72. The third-order valence-electron chi connectivity index (χ3n) is 3.95. The molecule has 0 radical (unpaired) electrons. The van der Waals surface area contributed by atoms with Crippen LogP contribution in [0.2, 0.25) is 5.02 Å². The maximum Gasteiger partial charge on any atom is 0.418 e. The second-order valence-corrected chi connectivity index (χ2v) is 8.30. The number of anilines is 1. The van der Waals surface area contributed by atoms with E-state index in [0.717, 1.165) is 6.07 Å². The zero-order valence-corrected chi connectivity index (χ0v) is 17.2. The number of carbonyl (C=O) groups is 1. The molecule has 1 atom stereocenters. The van der Waals surface area contributed by atoms with Crippen LogP contribution in [-0.4, -0.2) is 27.5 Å². The first-order chi connectivity index (χ1) is 13.3. The second-order valence-electron chi connectivity index (χ2n) is 6.15. The maximum atomic E-state index is 13.1. The largest absolute Gasteiger partial charge is 0.496 e. The fourth-order valence-corrected chi connectivity index (χ4v) is 3.93. The van der Waals surface area contributed by atoms with Crippen LogP contribution in [0.3, 0.4) is 0 Å². The predicted octanol–water partition coefficient (Wildman–Crippen LogP) is 3.98. The van der Waals surface area contributed by atoms with Crippen molar-refractivity contribution < 1.29 is 31.1 Å². The molecule has 158 valence electrons. The SMILES string of the molecule is COc1ccc(S(=O)(=O)N[C@H](C)C(=O)Nc2ccc(Cl)cc2C(F)(F)F)cc1C. The third kappa shape index (κ3) is 5.62. The molecule has 0 aliphatic carbocycles. The molecule has 6 nitrogen and oxygen atoms in total. The number of sulfonamides is 1. The van der Waals surface area contributed by atoms with Crippen LogP contribution in [0.4, 0.5) is 18.9 Å². The Bertz CT molecular complexity index is 1030. The molecular formula is C18H18ClF3N2O4S. The van der Waals surface area contributed by atoms with Crippen molar-refractivity contribution in [2.45, 2.75) is 31.0 Å². The molecule has 0 saturated heterocycles. The highest BCUT2D eigenvalue weighted by Gasteiger charge is 2.34. The Labute approximate surface area is 171 Å². The van der Waals surface area contributed by atoms with Crippen LogP contribution in [0.25, 0.3) is 0 Å². The van der Waals surface area contributed by atoms with E-state index in [-0.39, 0.29) is 9.92 Å². The molecule has 0 fully saturated rings. The Kier molecular flexibility index (Phi) is 6.82. The summed E-state index contributed by atoms with van der Waals surface area (Å²) >= 11 is 5.60. The summed E-state index contributed by atoms with van der Waals surface area (Å²) in [4.78, 5) is 12.2. The molecule has 0 bridgehead atoms. The molecule has 0 aromatic heterocycles. The number of carbonyl (C=O) groups excluding carboxylic acids is 1. The van der Waals surface area contributed by atoms with Crippen LogP contribution in [0.1, 0.15) is 18.1 Å². The van der Waals surface area contributed by atoms with Gasteiger partial charge in [-0.05, 0) is 55.8 Å². The summed E-state index contributed by atoms with van der Waals surface area (Å²) in [5.74, 6) is -0.483. The molecule has 29 heavy (non-hydrogen) atoms. The predicted molar refractivity (Wildman–Crippen MR) is 103 cm³/mol. The van der Waals surface area contributed by atoms with E-state index in [1.54, 1.807) is 6.92 Å². The summed E-state index contributed by atoms with van der Waals surface area (Å²) in [6.45, 7) is 2.86. The normalized spacial score (nSPS) is 13.1. The first-order valence-electron chi connectivity index (χ1n) is 8.19. The number of hydrogen-bond acceptors (Lipinski definition) is 4. The Balaban J connectivity index is 2.20. The number of methoxy groups -OCH3 is 1. The molecule has 0 saturated carbocycles. The van der Waals surface area contributed by atoms with Gasteiger partial charge in [-0.1, -0.05) is 11.6 Å². The second kappa shape index (κ2) is 8.60. The van der Waals surface area contributed by atoms with Gasteiger partial charge in [-0.3, -0.25) is 4.79 Å². The van der Waals surface area contributed by atoms with Crippen LogP contribution >= 0.6 is 11.6 Å². The van der Waals surface area contributed by atoms with E-state index in [1.807, 2.05) is 0 Å². The van der Waals surface area contributed by atoms with E-state index in [4.69, 9.17) is 16.3 Å². The highest BCUT2D eigenvalue weighted by Crippen LogP contribution is 2.36. The van der Waals surface area contributed by atoms with Gasteiger partial charge in [0.1, 0.15) is 5.75 Å². The van der Waals surface area contributed by atoms with E-state index in [1.165, 1.54) is 38.3 Å². The van der Waals surface area contributed by atoms with Gasteiger partial charge in [0.2, 0.25) is 15.9 Å². The fraction of sp³-hybridized carbons (Fsp3) is 0.278. The maximum absolute atomic E-state index is 13.1. The summed E-state index contributed by atoms with van der Waals surface area (Å²) in [5.41, 5.74) is -1.11. The Morgan fingerprint density at radius 3 is 2.38 bits per heavy atom. The van der Waals surface area contributed by atoms with E-state index in [9.17, 15) is 26.4 Å². The lowest BCUT2D eigenvalue weighted by atomic mass is 10.1. The number of aryl methyl sites for hydroxylation is 1. The van der Waals surface area contributed by atoms with Gasteiger partial charge in [-0.15, -0.1) is 0 Å². The van der Waals surface area contributed by atoms with Crippen LogP contribution in [0, 0.1) is 6.92 Å². The van der Waals surface area contributed by atoms with E-state index in [0.29, 0.717) is 17.4 Å². The molecule has 2 rings (SSSR count). The highest BCUT2D eigenvalue weighted by molar-refractivity contribution is 7.89. The smallest absolute Gasteiger partial charge is 0.418 e. The molecule has 2 N–H and O–H groups in total. The molecule has 2 aromatic carbocycles. The molecule has 0 aliphatic heterocycles. The monoisotopic (exact) mass is 450 g/mol. The van der Waals surface area contributed by atoms with Crippen molar-refractivity contribution in [3.05, 3.63) is 52.5 Å². The van der Waals surface area contributed by atoms with Crippen LogP contribution in [0.15, 0.2) is 41.3 Å². The van der Waals surface area contributed by atoms with Gasteiger partial charge in [0.05, 0.1) is 29.3 Å². The fourth-order valence-electron chi connectivity index (χ4n) is 2.47. The molecule has 2 aromatic rings. The number of benzene rings is 2. The van der Waals surface area contributed by atoms with Gasteiger partial charge in [0, 0.05) is 5.02 Å². The minimum atomic E-state index is -4.75. The number of ether oxygens (including phenoxy) is 1. The van der Waals surface area contributed by atoms with E-state index in [2.05, 4.69) is 10.0 Å². The van der Waals surface area contributed by atoms with Crippen LogP contribution in [0.5, 0.6) is 5.75 Å². The van der Waals surface area contributed by atoms with Crippen molar-refractivity contribution >= 4 is 33.2 Å². The first-order valence-corrected chi connectivity index (χ1v) is 10.1. The average molecular weight is 451 g/mol. The van der Waals surface area contributed by atoms with Gasteiger partial charge in [0.25, 0.3) is 0 Å². The first kappa shape index (κ1) is 23.0. The minimum Gasteiger partial charge on any atom is -0.496 e. The van der Waals surface area contributed by atoms with Crippen molar-refractivity contribution in [1.29, 1.82) is 0 Å². The van der Waals surface area contributed by atoms with Gasteiger partial charge in [0.15, 0.2) is 0 Å². The number of amides is 1.